The van der Waals surface area contributed by atoms with Crippen molar-refractivity contribution in [1.82, 2.24) is 0 Å². The fourth-order valence-electron chi connectivity index (χ4n) is 7.00. The predicted octanol–water partition coefficient (Wildman–Crippen LogP) is 5.18. The Kier molecular flexibility index (Phi) is 4.62. The molecule has 0 radical (unpaired) electrons. The highest BCUT2D eigenvalue weighted by atomic mass is 16.4. The van der Waals surface area contributed by atoms with E-state index < -0.39 is 28.6 Å². The molecule has 0 saturated heterocycles. The molecule has 1 saturated carbocycles. The molecule has 34 heavy (non-hydrogen) atoms. The van der Waals surface area contributed by atoms with Crippen molar-refractivity contribution in [2.75, 3.05) is 0 Å². The van der Waals surface area contributed by atoms with Gasteiger partial charge in [0.05, 0.1) is 5.60 Å². The Balaban J connectivity index is 1.75. The molecule has 4 aromatic carbocycles. The van der Waals surface area contributed by atoms with E-state index in [9.17, 15) is 15.3 Å². The molecule has 6 atom stereocenters. The van der Waals surface area contributed by atoms with Crippen LogP contribution in [0.25, 0.3) is 0 Å². The van der Waals surface area contributed by atoms with Crippen molar-refractivity contribution >= 4 is 0 Å². The maximum absolute atomic E-state index is 13.0. The highest BCUT2D eigenvalue weighted by molar-refractivity contribution is 5.56. The summed E-state index contributed by atoms with van der Waals surface area (Å²) in [5.74, 6) is -1.51. The minimum absolute atomic E-state index is 0.346. The Hall–Kier alpha value is -3.24. The third kappa shape index (κ3) is 2.58. The lowest BCUT2D eigenvalue weighted by Crippen LogP contribution is -2.50. The van der Waals surface area contributed by atoms with Gasteiger partial charge in [0.25, 0.3) is 0 Å². The largest absolute Gasteiger partial charge is 0.385 e. The maximum atomic E-state index is 13.0. The van der Waals surface area contributed by atoms with Crippen LogP contribution in [0.5, 0.6) is 0 Å². The zero-order valence-electron chi connectivity index (χ0n) is 19.0. The van der Waals surface area contributed by atoms with Gasteiger partial charge in [-0.2, -0.15) is 0 Å². The van der Waals surface area contributed by atoms with Crippen LogP contribution >= 0.6 is 0 Å². The Bertz CT molecular complexity index is 1320. The molecule has 0 aliphatic heterocycles. The monoisotopic (exact) mass is 448 g/mol. The van der Waals surface area contributed by atoms with Crippen molar-refractivity contribution in [2.24, 2.45) is 5.92 Å². The molecule has 0 aromatic heterocycles. The van der Waals surface area contributed by atoms with E-state index in [1.54, 1.807) is 6.92 Å². The van der Waals surface area contributed by atoms with Gasteiger partial charge >= 0.3 is 0 Å². The van der Waals surface area contributed by atoms with E-state index in [2.05, 4.69) is 0 Å². The fraction of sp³-hybridized carbons (Fsp3) is 0.226. The summed E-state index contributed by atoms with van der Waals surface area (Å²) >= 11 is 0. The van der Waals surface area contributed by atoms with Crippen molar-refractivity contribution in [3.8, 4) is 0 Å². The molecule has 1 fully saturated rings. The molecule has 0 unspecified atom stereocenters. The van der Waals surface area contributed by atoms with Crippen LogP contribution in [0.1, 0.15) is 46.6 Å². The highest BCUT2D eigenvalue weighted by Gasteiger charge is 2.77. The second-order valence-corrected chi connectivity index (χ2v) is 9.89. The van der Waals surface area contributed by atoms with Gasteiger partial charge in [-0.1, -0.05) is 115 Å². The summed E-state index contributed by atoms with van der Waals surface area (Å²) in [4.78, 5) is 0. The first kappa shape index (κ1) is 21.3. The summed E-state index contributed by atoms with van der Waals surface area (Å²) in [6.45, 7) is 1.78. The van der Waals surface area contributed by atoms with Gasteiger partial charge in [0.1, 0.15) is 11.2 Å². The van der Waals surface area contributed by atoms with E-state index in [1.807, 2.05) is 115 Å². The van der Waals surface area contributed by atoms with Gasteiger partial charge < -0.3 is 15.3 Å². The third-order valence-corrected chi connectivity index (χ3v) is 8.25. The number of rotatable bonds is 3. The van der Waals surface area contributed by atoms with E-state index in [4.69, 9.17) is 0 Å². The zero-order valence-corrected chi connectivity index (χ0v) is 19.0. The number of fused-ring (bicyclic) bond motifs is 3. The van der Waals surface area contributed by atoms with Crippen LogP contribution in [0.4, 0.5) is 0 Å². The lowest BCUT2D eigenvalue weighted by atomic mass is 9.69. The van der Waals surface area contributed by atoms with Crippen LogP contribution in [0.3, 0.4) is 0 Å². The van der Waals surface area contributed by atoms with Crippen LogP contribution < -0.4 is 0 Å². The minimum atomic E-state index is -1.71. The topological polar surface area (TPSA) is 60.7 Å². The van der Waals surface area contributed by atoms with E-state index in [0.717, 1.165) is 11.1 Å². The normalized spacial score (nSPS) is 33.9. The van der Waals surface area contributed by atoms with Gasteiger partial charge in [-0.05, 0) is 34.7 Å². The lowest BCUT2D eigenvalue weighted by molar-refractivity contribution is -0.187. The molecule has 3 N–H and O–H groups in total. The molecular formula is C31H28O3. The van der Waals surface area contributed by atoms with Crippen LogP contribution in [-0.2, 0) is 16.8 Å². The number of hydrogen-bond donors (Lipinski definition) is 3. The SMILES string of the molecule is C[C@]1(O)c2ccccc2[C@]2(O)[C@@H]1[C@H](c1ccccc1)[C@H](c1ccccc1)[C@]2(O)c1ccccc1. The number of hydrogen-bond acceptors (Lipinski definition) is 3. The van der Waals surface area contributed by atoms with Crippen molar-refractivity contribution < 1.29 is 15.3 Å². The predicted molar refractivity (Wildman–Crippen MR) is 132 cm³/mol. The lowest BCUT2D eigenvalue weighted by Gasteiger charge is -2.43. The summed E-state index contributed by atoms with van der Waals surface area (Å²) in [7, 11) is 0. The van der Waals surface area contributed by atoms with Gasteiger partial charge in [0, 0.05) is 17.8 Å². The molecule has 3 heteroatoms. The molecule has 2 aliphatic carbocycles. The molecule has 2 aliphatic rings. The smallest absolute Gasteiger partial charge is 0.130 e. The molecule has 4 aromatic rings. The molecular weight excluding hydrogens is 420 g/mol. The van der Waals surface area contributed by atoms with E-state index in [0.29, 0.717) is 16.7 Å². The average molecular weight is 449 g/mol. The Morgan fingerprint density at radius 3 is 1.59 bits per heavy atom. The average Bonchev–Trinajstić information content (AvgIpc) is 3.22. The fourth-order valence-corrected chi connectivity index (χ4v) is 7.00. The molecule has 0 bridgehead atoms. The van der Waals surface area contributed by atoms with Gasteiger partial charge in [-0.15, -0.1) is 0 Å². The van der Waals surface area contributed by atoms with Crippen molar-refractivity contribution in [2.45, 2.75) is 35.6 Å². The first-order valence-electron chi connectivity index (χ1n) is 11.8. The van der Waals surface area contributed by atoms with Gasteiger partial charge in [0.2, 0.25) is 0 Å². The highest BCUT2D eigenvalue weighted by Crippen LogP contribution is 2.74. The first-order chi connectivity index (χ1) is 16.4. The van der Waals surface area contributed by atoms with Crippen molar-refractivity contribution in [3.05, 3.63) is 143 Å². The molecule has 6 rings (SSSR count). The number of benzene rings is 4. The summed E-state index contributed by atoms with van der Waals surface area (Å²) in [5.41, 5.74) is -0.925. The Morgan fingerprint density at radius 2 is 1.00 bits per heavy atom. The van der Waals surface area contributed by atoms with Crippen LogP contribution in [-0.4, -0.2) is 15.3 Å². The summed E-state index contributed by atoms with van der Waals surface area (Å²) in [5, 5.41) is 37.9. The van der Waals surface area contributed by atoms with Crippen molar-refractivity contribution in [3.63, 3.8) is 0 Å². The standard InChI is InChI=1S/C31H28O3/c1-29(32)24-19-11-12-20-25(24)31(34)28(29)26(21-13-5-2-6-14-21)27(22-15-7-3-8-16-22)30(31,33)23-17-9-4-10-18-23/h2-20,26-28,32-34H,1H3/t26-,27+,28-,29+,30-,31+/m1/s1. The Labute approximate surface area is 200 Å². The first-order valence-corrected chi connectivity index (χ1v) is 11.8. The second kappa shape index (κ2) is 7.38. The second-order valence-electron chi connectivity index (χ2n) is 9.89. The van der Waals surface area contributed by atoms with Crippen molar-refractivity contribution in [1.29, 1.82) is 0 Å². The molecule has 3 nitrogen and oxygen atoms in total. The Morgan fingerprint density at radius 1 is 0.529 bits per heavy atom. The molecule has 0 heterocycles. The molecule has 0 spiro atoms. The third-order valence-electron chi connectivity index (χ3n) is 8.25. The minimum Gasteiger partial charge on any atom is -0.385 e. The number of aliphatic hydroxyl groups is 3. The van der Waals surface area contributed by atoms with E-state index in [1.165, 1.54) is 0 Å². The van der Waals surface area contributed by atoms with Crippen LogP contribution in [0.2, 0.25) is 0 Å². The van der Waals surface area contributed by atoms with Crippen LogP contribution in [0, 0.1) is 5.92 Å². The quantitative estimate of drug-likeness (QED) is 0.405. The molecule has 170 valence electrons. The summed E-state index contributed by atoms with van der Waals surface area (Å²) < 4.78 is 0. The zero-order chi connectivity index (χ0) is 23.6. The van der Waals surface area contributed by atoms with Gasteiger partial charge in [0.15, 0.2) is 0 Å². The maximum Gasteiger partial charge on any atom is 0.130 e. The van der Waals surface area contributed by atoms with Gasteiger partial charge in [-0.3, -0.25) is 0 Å². The summed E-state index contributed by atoms with van der Waals surface area (Å²) in [6, 6.07) is 36.9. The van der Waals surface area contributed by atoms with Gasteiger partial charge in [-0.25, -0.2) is 0 Å². The molecule has 0 amide bonds. The van der Waals surface area contributed by atoms with E-state index in [-0.39, 0.29) is 5.92 Å². The van der Waals surface area contributed by atoms with Crippen LogP contribution in [0.15, 0.2) is 115 Å². The summed E-state index contributed by atoms with van der Waals surface area (Å²) in [6.07, 6.45) is 0. The van der Waals surface area contributed by atoms with E-state index >= 15 is 0 Å².